The SMILES string of the molecule is Cc1cc(C(=O)C2CCCS2)sc1C. The van der Waals surface area contributed by atoms with E-state index in [-0.39, 0.29) is 5.25 Å². The second-order valence-corrected chi connectivity index (χ2v) is 6.28. The molecule has 1 atom stereocenters. The normalized spacial score (nSPS) is 21.4. The highest BCUT2D eigenvalue weighted by molar-refractivity contribution is 8.00. The van der Waals surface area contributed by atoms with Crippen LogP contribution in [0.1, 0.15) is 33.0 Å². The Bertz CT molecular complexity index is 329. The summed E-state index contributed by atoms with van der Waals surface area (Å²) in [5.41, 5.74) is 1.25. The minimum absolute atomic E-state index is 0.243. The van der Waals surface area contributed by atoms with Gasteiger partial charge in [0.1, 0.15) is 0 Å². The molecule has 0 radical (unpaired) electrons. The molecule has 0 aromatic carbocycles. The van der Waals surface area contributed by atoms with Crippen LogP contribution >= 0.6 is 23.1 Å². The molecular weight excluding hydrogens is 212 g/mol. The van der Waals surface area contributed by atoms with Crippen molar-refractivity contribution in [3.8, 4) is 0 Å². The van der Waals surface area contributed by atoms with Crippen molar-refractivity contribution in [1.29, 1.82) is 0 Å². The number of hydrogen-bond acceptors (Lipinski definition) is 3. The van der Waals surface area contributed by atoms with Crippen LogP contribution in [0.3, 0.4) is 0 Å². The molecule has 1 aliphatic heterocycles. The molecule has 1 aromatic rings. The summed E-state index contributed by atoms with van der Waals surface area (Å²) in [4.78, 5) is 14.2. The molecule has 76 valence electrons. The molecule has 1 fully saturated rings. The van der Waals surface area contributed by atoms with E-state index in [1.165, 1.54) is 16.9 Å². The maximum Gasteiger partial charge on any atom is 0.185 e. The van der Waals surface area contributed by atoms with E-state index in [0.29, 0.717) is 5.78 Å². The molecule has 1 aliphatic rings. The molecule has 1 nitrogen and oxygen atoms in total. The highest BCUT2D eigenvalue weighted by atomic mass is 32.2. The maximum absolute atomic E-state index is 12.0. The van der Waals surface area contributed by atoms with Gasteiger partial charge < -0.3 is 0 Å². The van der Waals surface area contributed by atoms with Crippen LogP contribution in [0.25, 0.3) is 0 Å². The molecule has 0 spiro atoms. The van der Waals surface area contributed by atoms with E-state index in [1.54, 1.807) is 11.3 Å². The Kier molecular flexibility index (Phi) is 2.98. The van der Waals surface area contributed by atoms with E-state index >= 15 is 0 Å². The Morgan fingerprint density at radius 3 is 2.79 bits per heavy atom. The molecule has 3 heteroatoms. The first kappa shape index (κ1) is 10.2. The molecule has 2 rings (SSSR count). The van der Waals surface area contributed by atoms with Gasteiger partial charge in [0.05, 0.1) is 10.1 Å². The Morgan fingerprint density at radius 2 is 2.29 bits per heavy atom. The van der Waals surface area contributed by atoms with Gasteiger partial charge in [-0.1, -0.05) is 0 Å². The first-order chi connectivity index (χ1) is 6.68. The topological polar surface area (TPSA) is 17.1 Å². The lowest BCUT2D eigenvalue weighted by Gasteiger charge is -2.03. The third-order valence-corrected chi connectivity index (χ3v) is 5.17. The Labute approximate surface area is 92.9 Å². The van der Waals surface area contributed by atoms with Crippen molar-refractivity contribution < 1.29 is 4.79 Å². The second-order valence-electron chi connectivity index (χ2n) is 3.72. The van der Waals surface area contributed by atoms with Crippen LogP contribution < -0.4 is 0 Å². The number of thiophene rings is 1. The molecule has 1 unspecified atom stereocenters. The fourth-order valence-electron chi connectivity index (χ4n) is 1.64. The highest BCUT2D eigenvalue weighted by Crippen LogP contribution is 2.31. The minimum Gasteiger partial charge on any atom is -0.292 e. The smallest absolute Gasteiger partial charge is 0.185 e. The summed E-state index contributed by atoms with van der Waals surface area (Å²) in [6.07, 6.45) is 2.27. The lowest BCUT2D eigenvalue weighted by molar-refractivity contribution is 0.0992. The number of thioether (sulfide) groups is 1. The van der Waals surface area contributed by atoms with Crippen molar-refractivity contribution in [2.24, 2.45) is 0 Å². The van der Waals surface area contributed by atoms with Crippen LogP contribution in [0, 0.1) is 13.8 Å². The largest absolute Gasteiger partial charge is 0.292 e. The monoisotopic (exact) mass is 226 g/mol. The highest BCUT2D eigenvalue weighted by Gasteiger charge is 2.25. The summed E-state index contributed by atoms with van der Waals surface area (Å²) in [6.45, 7) is 4.16. The van der Waals surface area contributed by atoms with Crippen LogP contribution in [0.15, 0.2) is 6.07 Å². The predicted molar refractivity (Wildman–Crippen MR) is 63.6 cm³/mol. The number of rotatable bonds is 2. The lowest BCUT2D eigenvalue weighted by atomic mass is 10.1. The van der Waals surface area contributed by atoms with Gasteiger partial charge in [-0.2, -0.15) is 11.8 Å². The van der Waals surface area contributed by atoms with E-state index < -0.39 is 0 Å². The average Bonchev–Trinajstić information content (AvgIpc) is 2.76. The van der Waals surface area contributed by atoms with Crippen molar-refractivity contribution in [1.82, 2.24) is 0 Å². The Morgan fingerprint density at radius 1 is 1.50 bits per heavy atom. The van der Waals surface area contributed by atoms with Crippen LogP contribution in [0.5, 0.6) is 0 Å². The van der Waals surface area contributed by atoms with Crippen LogP contribution in [-0.4, -0.2) is 16.8 Å². The van der Waals surface area contributed by atoms with Gasteiger partial charge in [-0.25, -0.2) is 0 Å². The number of carbonyl (C=O) groups is 1. The first-order valence-electron chi connectivity index (χ1n) is 4.91. The first-order valence-corrected chi connectivity index (χ1v) is 6.78. The van der Waals surface area contributed by atoms with Crippen molar-refractivity contribution >= 4 is 28.9 Å². The number of ketones is 1. The second kappa shape index (κ2) is 4.07. The van der Waals surface area contributed by atoms with Crippen molar-refractivity contribution in [2.45, 2.75) is 31.9 Å². The average molecular weight is 226 g/mol. The fourth-order valence-corrected chi connectivity index (χ4v) is 3.97. The molecule has 14 heavy (non-hydrogen) atoms. The summed E-state index contributed by atoms with van der Waals surface area (Å²) < 4.78 is 0. The quantitative estimate of drug-likeness (QED) is 0.719. The fraction of sp³-hybridized carbons (Fsp3) is 0.545. The zero-order chi connectivity index (χ0) is 10.1. The van der Waals surface area contributed by atoms with E-state index in [2.05, 4.69) is 13.8 Å². The molecule has 1 saturated heterocycles. The zero-order valence-electron chi connectivity index (χ0n) is 8.50. The number of hydrogen-bond donors (Lipinski definition) is 0. The summed E-state index contributed by atoms with van der Waals surface area (Å²) in [7, 11) is 0. The lowest BCUT2D eigenvalue weighted by Crippen LogP contribution is -2.12. The van der Waals surface area contributed by atoms with Crippen LogP contribution in [-0.2, 0) is 0 Å². The van der Waals surface area contributed by atoms with Gasteiger partial charge >= 0.3 is 0 Å². The van der Waals surface area contributed by atoms with Gasteiger partial charge in [-0.3, -0.25) is 4.79 Å². The number of aryl methyl sites for hydroxylation is 2. The molecule has 0 bridgehead atoms. The van der Waals surface area contributed by atoms with E-state index in [9.17, 15) is 4.79 Å². The molecule has 0 saturated carbocycles. The third-order valence-electron chi connectivity index (χ3n) is 2.63. The molecule has 1 aromatic heterocycles. The van der Waals surface area contributed by atoms with Gasteiger partial charge in [-0.15, -0.1) is 11.3 Å². The standard InChI is InChI=1S/C11H14OS2/c1-7-6-10(14-8(7)2)11(12)9-4-3-5-13-9/h6,9H,3-5H2,1-2H3. The zero-order valence-corrected chi connectivity index (χ0v) is 10.1. The van der Waals surface area contributed by atoms with E-state index in [1.807, 2.05) is 17.8 Å². The predicted octanol–water partition coefficient (Wildman–Crippen LogP) is 3.44. The van der Waals surface area contributed by atoms with Crippen molar-refractivity contribution in [3.05, 3.63) is 21.4 Å². The van der Waals surface area contributed by atoms with Gasteiger partial charge in [0.15, 0.2) is 5.78 Å². The summed E-state index contributed by atoms with van der Waals surface area (Å²) in [6, 6.07) is 2.04. The van der Waals surface area contributed by atoms with Crippen LogP contribution in [0.4, 0.5) is 0 Å². The van der Waals surface area contributed by atoms with Crippen molar-refractivity contribution in [3.63, 3.8) is 0 Å². The van der Waals surface area contributed by atoms with Gasteiger partial charge in [0.25, 0.3) is 0 Å². The Balaban J connectivity index is 2.18. The molecule has 0 aliphatic carbocycles. The molecule has 2 heterocycles. The molecule has 0 N–H and O–H groups in total. The molecule has 0 amide bonds. The maximum atomic E-state index is 12.0. The summed E-state index contributed by atoms with van der Waals surface area (Å²) in [5.74, 6) is 1.51. The molecular formula is C11H14OS2. The minimum atomic E-state index is 0.243. The summed E-state index contributed by atoms with van der Waals surface area (Å²) in [5, 5.41) is 0.243. The van der Waals surface area contributed by atoms with Gasteiger partial charge in [-0.05, 0) is 44.1 Å². The number of Topliss-reactive ketones (excluding diaryl/α,β-unsaturated/α-hetero) is 1. The Hall–Kier alpha value is -0.280. The van der Waals surface area contributed by atoms with E-state index in [0.717, 1.165) is 17.1 Å². The number of carbonyl (C=O) groups excluding carboxylic acids is 1. The van der Waals surface area contributed by atoms with Crippen molar-refractivity contribution in [2.75, 3.05) is 5.75 Å². The van der Waals surface area contributed by atoms with Gasteiger partial charge in [0.2, 0.25) is 0 Å². The van der Waals surface area contributed by atoms with E-state index in [4.69, 9.17) is 0 Å². The third kappa shape index (κ3) is 1.89. The van der Waals surface area contributed by atoms with Gasteiger partial charge in [0, 0.05) is 4.88 Å². The van der Waals surface area contributed by atoms with Crippen LogP contribution in [0.2, 0.25) is 0 Å². The summed E-state index contributed by atoms with van der Waals surface area (Å²) >= 11 is 3.46.